The molecule has 0 saturated carbocycles. The van der Waals surface area contributed by atoms with Crippen LogP contribution in [0.3, 0.4) is 0 Å². The zero-order valence-electron chi connectivity index (χ0n) is 22.0. The molecule has 0 spiro atoms. The van der Waals surface area contributed by atoms with Crippen LogP contribution in [0.2, 0.25) is 0 Å². The fourth-order valence-corrected chi connectivity index (χ4v) is 5.89. The van der Waals surface area contributed by atoms with Crippen molar-refractivity contribution in [1.29, 1.82) is 0 Å². The lowest BCUT2D eigenvalue weighted by Gasteiger charge is -2.25. The van der Waals surface area contributed by atoms with Gasteiger partial charge in [0, 0.05) is 31.3 Å². The van der Waals surface area contributed by atoms with Crippen molar-refractivity contribution in [2.24, 2.45) is 0 Å². The van der Waals surface area contributed by atoms with Crippen LogP contribution in [0.5, 0.6) is 0 Å². The Morgan fingerprint density at radius 3 is 2.41 bits per heavy atom. The summed E-state index contributed by atoms with van der Waals surface area (Å²) in [7, 11) is -3.50. The maximum atomic E-state index is 13.9. The molecule has 0 saturated heterocycles. The van der Waals surface area contributed by atoms with Crippen LogP contribution in [-0.2, 0) is 35.8 Å². The van der Waals surface area contributed by atoms with Gasteiger partial charge >= 0.3 is 0 Å². The van der Waals surface area contributed by atoms with Crippen molar-refractivity contribution < 1.29 is 27.1 Å². The monoisotopic (exact) mass is 557 g/mol. The van der Waals surface area contributed by atoms with E-state index in [2.05, 4.69) is 23.6 Å². The smallest absolute Gasteiger partial charge is 0.251 e. The second kappa shape index (κ2) is 12.2. The summed E-state index contributed by atoms with van der Waals surface area (Å²) in [6, 6.07) is 15.1. The summed E-state index contributed by atoms with van der Waals surface area (Å²) in [5.41, 5.74) is 3.87. The van der Waals surface area contributed by atoms with E-state index in [1.165, 1.54) is 22.0 Å². The predicted octanol–water partition coefficient (Wildman–Crippen LogP) is 3.34. The molecule has 0 aliphatic carbocycles. The molecule has 3 aromatic carbocycles. The number of benzene rings is 3. The van der Waals surface area contributed by atoms with Gasteiger partial charge in [0.15, 0.2) is 0 Å². The molecule has 0 radical (unpaired) electrons. The zero-order valence-corrected chi connectivity index (χ0v) is 22.8. The van der Waals surface area contributed by atoms with Crippen molar-refractivity contribution in [3.63, 3.8) is 0 Å². The summed E-state index contributed by atoms with van der Waals surface area (Å²) >= 11 is 0. The van der Waals surface area contributed by atoms with Gasteiger partial charge in [-0.05, 0) is 65.8 Å². The second-order valence-electron chi connectivity index (χ2n) is 9.82. The van der Waals surface area contributed by atoms with Crippen molar-refractivity contribution >= 4 is 21.6 Å². The van der Waals surface area contributed by atoms with E-state index in [4.69, 9.17) is 0 Å². The van der Waals surface area contributed by atoms with Crippen LogP contribution >= 0.6 is 0 Å². The molecule has 10 heteroatoms. The van der Waals surface area contributed by atoms with E-state index >= 15 is 0 Å². The molecule has 39 heavy (non-hydrogen) atoms. The van der Waals surface area contributed by atoms with Gasteiger partial charge in [-0.15, -0.1) is 0 Å². The molecule has 1 aliphatic rings. The molecular weight excluding hydrogens is 524 g/mol. The Morgan fingerprint density at radius 2 is 1.72 bits per heavy atom. The molecule has 0 aromatic heterocycles. The molecule has 1 amide bonds. The topological polar surface area (TPSA) is 98.7 Å². The quantitative estimate of drug-likeness (QED) is 0.336. The van der Waals surface area contributed by atoms with Gasteiger partial charge in [-0.1, -0.05) is 37.3 Å². The van der Waals surface area contributed by atoms with E-state index in [9.17, 15) is 27.1 Å². The normalized spacial score (nSPS) is 14.6. The highest BCUT2D eigenvalue weighted by atomic mass is 32.2. The minimum Gasteiger partial charge on any atom is -0.390 e. The largest absolute Gasteiger partial charge is 0.390 e. The molecule has 3 N–H and O–H groups in total. The highest BCUT2D eigenvalue weighted by Gasteiger charge is 2.31. The average molecular weight is 558 g/mol. The van der Waals surface area contributed by atoms with Gasteiger partial charge in [0.2, 0.25) is 10.0 Å². The van der Waals surface area contributed by atoms with Gasteiger partial charge in [0.05, 0.1) is 24.1 Å². The Bertz CT molecular complexity index is 1430. The first-order chi connectivity index (χ1) is 18.5. The number of sulfonamides is 1. The summed E-state index contributed by atoms with van der Waals surface area (Å²) in [6.07, 6.45) is 1.29. The molecular formula is C29H33F2N3O4S. The van der Waals surface area contributed by atoms with E-state index in [1.54, 1.807) is 18.2 Å². The molecule has 1 aliphatic heterocycles. The minimum absolute atomic E-state index is 0.0148. The van der Waals surface area contributed by atoms with E-state index < -0.39 is 39.7 Å². The Hall–Kier alpha value is -3.34. The number of aryl methyl sites for hydroxylation is 1. The first-order valence-corrected chi connectivity index (χ1v) is 14.7. The number of nitrogens with zero attached hydrogens (tertiary/aromatic N) is 1. The van der Waals surface area contributed by atoms with Crippen molar-refractivity contribution in [3.8, 4) is 0 Å². The summed E-state index contributed by atoms with van der Waals surface area (Å²) in [5, 5.41) is 17.1. The number of aliphatic hydroxyl groups is 1. The fourth-order valence-electron chi connectivity index (χ4n) is 4.94. The molecule has 0 unspecified atom stereocenters. The van der Waals surface area contributed by atoms with Crippen LogP contribution in [0.1, 0.15) is 39.5 Å². The number of hydrogen-bond donors (Lipinski definition) is 3. The molecule has 1 heterocycles. The van der Waals surface area contributed by atoms with Crippen molar-refractivity contribution in [2.45, 2.75) is 44.9 Å². The second-order valence-corrected chi connectivity index (χ2v) is 11.7. The minimum atomic E-state index is -3.50. The van der Waals surface area contributed by atoms with Crippen LogP contribution in [0, 0.1) is 11.6 Å². The Balaban J connectivity index is 1.53. The first kappa shape index (κ1) is 28.7. The lowest BCUT2D eigenvalue weighted by molar-refractivity contribution is 0.0829. The lowest BCUT2D eigenvalue weighted by Crippen LogP contribution is -2.48. The number of nitrogens with one attached hydrogen (secondary N) is 2. The van der Waals surface area contributed by atoms with E-state index in [1.807, 2.05) is 18.2 Å². The Kier molecular flexibility index (Phi) is 8.99. The third-order valence-corrected chi connectivity index (χ3v) is 8.05. The third-order valence-electron chi connectivity index (χ3n) is 6.87. The molecule has 7 nitrogen and oxygen atoms in total. The molecule has 4 rings (SSSR count). The molecule has 0 fully saturated rings. The number of rotatable bonds is 11. The van der Waals surface area contributed by atoms with Crippen molar-refractivity contribution in [2.75, 3.05) is 23.7 Å². The maximum absolute atomic E-state index is 13.9. The van der Waals surface area contributed by atoms with Crippen molar-refractivity contribution in [1.82, 2.24) is 10.6 Å². The number of carbonyl (C=O) groups excluding carboxylic acids is 1. The average Bonchev–Trinajstić information content (AvgIpc) is 3.33. The van der Waals surface area contributed by atoms with Crippen LogP contribution < -0.4 is 14.9 Å². The Morgan fingerprint density at radius 1 is 1.03 bits per heavy atom. The number of fused-ring (bicyclic) bond motifs is 1. The highest BCUT2D eigenvalue weighted by Crippen LogP contribution is 2.32. The molecule has 2 atom stereocenters. The van der Waals surface area contributed by atoms with Gasteiger partial charge in [-0.2, -0.15) is 0 Å². The third kappa shape index (κ3) is 7.20. The van der Waals surface area contributed by atoms with Crippen LogP contribution in [0.4, 0.5) is 14.5 Å². The maximum Gasteiger partial charge on any atom is 0.251 e. The zero-order chi connectivity index (χ0) is 28.2. The molecule has 0 bridgehead atoms. The van der Waals surface area contributed by atoms with E-state index in [0.717, 1.165) is 24.3 Å². The summed E-state index contributed by atoms with van der Waals surface area (Å²) in [4.78, 5) is 13.4. The van der Waals surface area contributed by atoms with Gasteiger partial charge in [0.25, 0.3) is 5.91 Å². The molecule has 208 valence electrons. The number of aliphatic hydroxyl groups excluding tert-OH is 1. The van der Waals surface area contributed by atoms with Gasteiger partial charge in [0.1, 0.15) is 11.6 Å². The number of carbonyl (C=O) groups is 1. The molecule has 3 aromatic rings. The van der Waals surface area contributed by atoms with Gasteiger partial charge in [-0.25, -0.2) is 17.2 Å². The predicted molar refractivity (Wildman–Crippen MR) is 147 cm³/mol. The number of hydrogen-bond acceptors (Lipinski definition) is 5. The van der Waals surface area contributed by atoms with E-state index in [-0.39, 0.29) is 25.1 Å². The van der Waals surface area contributed by atoms with Crippen molar-refractivity contribution in [3.05, 3.63) is 100 Å². The lowest BCUT2D eigenvalue weighted by atomic mass is 9.98. The first-order valence-electron chi connectivity index (χ1n) is 12.9. The van der Waals surface area contributed by atoms with E-state index in [0.29, 0.717) is 29.8 Å². The SMILES string of the molecule is CCc1cccc(CNC[C@@H](O)[C@H](Cc2cc(F)cc(F)c2)NC(=O)c2cccc3c2CCN3S(C)(=O)=O)c1. The van der Waals surface area contributed by atoms with Crippen LogP contribution in [-0.4, -0.2) is 50.9 Å². The summed E-state index contributed by atoms with van der Waals surface area (Å²) in [5.74, 6) is -2.00. The fraction of sp³-hybridized carbons (Fsp3) is 0.345. The van der Waals surface area contributed by atoms with Crippen LogP contribution in [0.25, 0.3) is 0 Å². The summed E-state index contributed by atoms with van der Waals surface area (Å²) < 4.78 is 53.4. The van der Waals surface area contributed by atoms with Gasteiger partial charge in [-0.3, -0.25) is 9.10 Å². The van der Waals surface area contributed by atoms with Crippen LogP contribution in [0.15, 0.2) is 60.7 Å². The Labute approximate surface area is 227 Å². The highest BCUT2D eigenvalue weighted by molar-refractivity contribution is 7.92. The van der Waals surface area contributed by atoms with Gasteiger partial charge < -0.3 is 15.7 Å². The number of amides is 1. The number of anilines is 1. The summed E-state index contributed by atoms with van der Waals surface area (Å²) in [6.45, 7) is 2.91. The standard InChI is InChI=1S/C29H33F2N3O4S/c1-3-19-6-4-7-20(12-19)17-32-18-28(35)26(15-21-13-22(30)16-23(31)14-21)33-29(36)25-8-5-9-27-24(25)10-11-34(27)39(2,37)38/h4-9,12-14,16,26,28,32,35H,3,10-11,15,17-18H2,1-2H3,(H,33,36)/t26-,28+/m0/s1. The number of halogens is 2.